The van der Waals surface area contributed by atoms with Crippen LogP contribution >= 0.6 is 0 Å². The molecule has 15 heteroatoms. The average Bonchev–Trinajstić information content (AvgIpc) is 3.25. The number of carbonyl (C=O) groups is 2. The van der Waals surface area contributed by atoms with Crippen molar-refractivity contribution in [2.75, 3.05) is 6.54 Å². The van der Waals surface area contributed by atoms with Crippen LogP contribution in [0.25, 0.3) is 0 Å². The monoisotopic (exact) mass is 651 g/mol. The van der Waals surface area contributed by atoms with Gasteiger partial charge in [0.05, 0.1) is 16.9 Å². The predicted molar refractivity (Wildman–Crippen MR) is 136 cm³/mol. The molecule has 6 atom stereocenters. The Bertz CT molecular complexity index is 1610. The number of aliphatic carboxylic acids is 1. The maximum Gasteiger partial charge on any atom is 0.435 e. The van der Waals surface area contributed by atoms with Crippen LogP contribution in [0.1, 0.15) is 42.4 Å². The molecule has 2 aromatic rings. The molecule has 0 radical (unpaired) electrons. The molecule has 1 heterocycles. The lowest BCUT2D eigenvalue weighted by atomic mass is 9.76. The maximum atomic E-state index is 15.0. The minimum atomic E-state index is -6.37. The van der Waals surface area contributed by atoms with Gasteiger partial charge in [0.15, 0.2) is 9.84 Å². The van der Waals surface area contributed by atoms with E-state index in [0.29, 0.717) is 18.9 Å². The third kappa shape index (κ3) is 4.13. The quantitative estimate of drug-likeness (QED) is 0.332. The summed E-state index contributed by atoms with van der Waals surface area (Å²) in [5.41, 5.74) is -7.85. The van der Waals surface area contributed by atoms with E-state index >= 15 is 0 Å². The summed E-state index contributed by atoms with van der Waals surface area (Å²) < 4.78 is 137. The van der Waals surface area contributed by atoms with Gasteiger partial charge in [0.25, 0.3) is 0 Å². The van der Waals surface area contributed by atoms with Crippen LogP contribution in [0.4, 0.5) is 35.1 Å². The van der Waals surface area contributed by atoms with Gasteiger partial charge in [-0.05, 0) is 79.3 Å². The van der Waals surface area contributed by atoms with Crippen LogP contribution in [0.5, 0.6) is 0 Å². The number of benzene rings is 2. The minimum Gasteiger partial charge on any atom is -0.481 e. The Balaban J connectivity index is 1.44. The van der Waals surface area contributed by atoms with E-state index in [0.717, 1.165) is 30.3 Å². The highest BCUT2D eigenvalue weighted by atomic mass is 32.2. The number of alkyl halides is 7. The second-order valence-electron chi connectivity index (χ2n) is 12.1. The van der Waals surface area contributed by atoms with Gasteiger partial charge in [0.2, 0.25) is 5.91 Å². The lowest BCUT2D eigenvalue weighted by Crippen LogP contribution is -2.53. The molecule has 2 unspecified atom stereocenters. The van der Waals surface area contributed by atoms with E-state index < -0.39 is 73.7 Å². The molecule has 3 fully saturated rings. The molecule has 4 aliphatic rings. The predicted octanol–water partition coefficient (Wildman–Crippen LogP) is 5.69. The highest BCUT2D eigenvalue weighted by molar-refractivity contribution is 7.92. The Labute approximate surface area is 245 Å². The Hall–Kier alpha value is -3.23. The third-order valence-electron chi connectivity index (χ3n) is 10.0. The number of aryl methyl sites for hydroxylation is 1. The molecular weight excluding hydrogens is 626 g/mol. The molecule has 1 amide bonds. The number of carboxylic acids is 1. The number of hydrogen-bond acceptors (Lipinski definition) is 4. The van der Waals surface area contributed by atoms with Crippen LogP contribution in [-0.2, 0) is 36.3 Å². The van der Waals surface area contributed by atoms with Crippen LogP contribution in [0.3, 0.4) is 0 Å². The van der Waals surface area contributed by atoms with Gasteiger partial charge in [0, 0.05) is 18.0 Å². The average molecular weight is 652 g/mol. The van der Waals surface area contributed by atoms with E-state index in [4.69, 9.17) is 0 Å². The fourth-order valence-corrected chi connectivity index (χ4v) is 10.3. The van der Waals surface area contributed by atoms with E-state index in [9.17, 15) is 58.2 Å². The van der Waals surface area contributed by atoms with Crippen LogP contribution < -0.4 is 0 Å². The number of carboxylic acid groups (broad SMARTS) is 1. The Morgan fingerprint density at radius 3 is 2.05 bits per heavy atom. The second-order valence-corrected chi connectivity index (χ2v) is 14.3. The van der Waals surface area contributed by atoms with Gasteiger partial charge < -0.3 is 10.0 Å². The first kappa shape index (κ1) is 30.8. The Morgan fingerprint density at radius 1 is 0.909 bits per heavy atom. The zero-order chi connectivity index (χ0) is 32.2. The van der Waals surface area contributed by atoms with Crippen molar-refractivity contribution in [1.29, 1.82) is 0 Å². The fourth-order valence-electron chi connectivity index (χ4n) is 7.96. The smallest absolute Gasteiger partial charge is 0.435 e. The minimum absolute atomic E-state index is 0.114. The van der Waals surface area contributed by atoms with Crippen molar-refractivity contribution < 1.29 is 58.2 Å². The summed E-state index contributed by atoms with van der Waals surface area (Å²) in [6.45, 7) is -0.114. The molecule has 1 aliphatic heterocycles. The SMILES string of the molecule is O=C(O)C1[C@H]2CC(C(=O)N3CC[C@@]4(S(=O)(=O)c5ccc(F)cc5)c5ccc(C(F)(C(F)(F)F)C(F)(F)F)cc5CC[C@@H]34)C[C@@H]12. The zero-order valence-electron chi connectivity index (χ0n) is 22.6. The van der Waals surface area contributed by atoms with Crippen LogP contribution in [0.15, 0.2) is 47.4 Å². The number of sulfone groups is 1. The zero-order valence-corrected chi connectivity index (χ0v) is 23.4. The van der Waals surface area contributed by atoms with Gasteiger partial charge in [-0.2, -0.15) is 26.3 Å². The normalized spacial score (nSPS) is 30.0. The molecule has 0 aromatic heterocycles. The van der Waals surface area contributed by atoms with E-state index in [1.54, 1.807) is 0 Å². The first-order valence-electron chi connectivity index (χ1n) is 13.9. The standard InChI is InChI=1S/C29H25F8NO5S/c30-17-3-5-18(6-4-17)44(42,43)26-9-10-38(24(39)15-12-19-20(13-15)23(19)25(40)41)22(26)8-1-14-11-16(2-7-21(14)26)27(31,28(32,33)34)29(35,36)37/h2-7,11,15,19-20,22-23H,1,8-10,12-13H2,(H,40,41)/t15?,19-,20+,22-,23?,26-/m1/s1. The molecular formula is C29H25F8NO5S. The largest absolute Gasteiger partial charge is 0.481 e. The molecule has 6 nitrogen and oxygen atoms in total. The van der Waals surface area contributed by atoms with Gasteiger partial charge in [0.1, 0.15) is 10.6 Å². The van der Waals surface area contributed by atoms with E-state index in [1.165, 1.54) is 4.90 Å². The van der Waals surface area contributed by atoms with E-state index in [2.05, 4.69) is 0 Å². The second kappa shape index (κ2) is 9.63. The molecule has 3 aliphatic carbocycles. The lowest BCUT2D eigenvalue weighted by molar-refractivity contribution is -0.348. The number of carbonyl (C=O) groups excluding carboxylic acids is 1. The van der Waals surface area contributed by atoms with Crippen molar-refractivity contribution in [3.8, 4) is 0 Å². The fraction of sp³-hybridized carbons (Fsp3) is 0.517. The molecule has 1 saturated heterocycles. The van der Waals surface area contributed by atoms with E-state index in [1.807, 2.05) is 0 Å². The van der Waals surface area contributed by atoms with Crippen molar-refractivity contribution in [3.63, 3.8) is 0 Å². The molecule has 0 bridgehead atoms. The summed E-state index contributed by atoms with van der Waals surface area (Å²) in [7, 11) is -4.58. The Morgan fingerprint density at radius 2 is 1.50 bits per heavy atom. The number of hydrogen-bond donors (Lipinski definition) is 1. The highest BCUT2D eigenvalue weighted by Gasteiger charge is 2.74. The van der Waals surface area contributed by atoms with Gasteiger partial charge >= 0.3 is 24.0 Å². The van der Waals surface area contributed by atoms with Gasteiger partial charge in [-0.1, -0.05) is 18.2 Å². The van der Waals surface area contributed by atoms with Gasteiger partial charge in [-0.3, -0.25) is 9.59 Å². The summed E-state index contributed by atoms with van der Waals surface area (Å²) in [6, 6.07) is 4.10. The summed E-state index contributed by atoms with van der Waals surface area (Å²) in [6.07, 6.45) is -12.8. The highest BCUT2D eigenvalue weighted by Crippen LogP contribution is 2.61. The number of amides is 1. The number of likely N-dealkylation sites (tertiary alicyclic amines) is 1. The van der Waals surface area contributed by atoms with Crippen LogP contribution in [-0.4, -0.2) is 55.2 Å². The molecule has 44 heavy (non-hydrogen) atoms. The van der Waals surface area contributed by atoms with Crippen molar-refractivity contribution in [1.82, 2.24) is 4.90 Å². The van der Waals surface area contributed by atoms with Crippen molar-refractivity contribution in [3.05, 3.63) is 65.0 Å². The number of nitrogens with zero attached hydrogens (tertiary/aromatic N) is 1. The molecule has 1 N–H and O–H groups in total. The molecule has 2 saturated carbocycles. The molecule has 238 valence electrons. The maximum absolute atomic E-state index is 15.0. The third-order valence-corrected chi connectivity index (χ3v) is 12.6. The number of fused-ring (bicyclic) bond motifs is 4. The summed E-state index contributed by atoms with van der Waals surface area (Å²) in [4.78, 5) is 26.1. The number of rotatable bonds is 5. The lowest BCUT2D eigenvalue weighted by Gasteiger charge is -2.43. The molecule has 0 spiro atoms. The summed E-state index contributed by atoms with van der Waals surface area (Å²) in [5, 5.41) is 9.32. The summed E-state index contributed by atoms with van der Waals surface area (Å²) >= 11 is 0. The topological polar surface area (TPSA) is 91.8 Å². The van der Waals surface area contributed by atoms with Gasteiger partial charge in [-0.15, -0.1) is 0 Å². The number of halogens is 8. The first-order chi connectivity index (χ1) is 20.4. The van der Waals surface area contributed by atoms with Crippen LogP contribution in [0, 0.1) is 29.5 Å². The van der Waals surface area contributed by atoms with Crippen molar-refractivity contribution in [2.24, 2.45) is 23.7 Å². The van der Waals surface area contributed by atoms with Crippen molar-refractivity contribution >= 4 is 21.7 Å². The molecule has 2 aromatic carbocycles. The molecule has 6 rings (SSSR count). The van der Waals surface area contributed by atoms with Crippen LogP contribution in [0.2, 0.25) is 0 Å². The first-order valence-corrected chi connectivity index (χ1v) is 15.3. The van der Waals surface area contributed by atoms with E-state index in [-0.39, 0.29) is 59.7 Å². The summed E-state index contributed by atoms with van der Waals surface area (Å²) in [5.74, 6) is -3.57. The Kier molecular flexibility index (Phi) is 6.74. The van der Waals surface area contributed by atoms with Crippen molar-refractivity contribution in [2.45, 2.75) is 65.8 Å². The van der Waals surface area contributed by atoms with Gasteiger partial charge in [-0.25, -0.2) is 17.2 Å².